The number of carbonyl (C=O) groups is 1. The maximum absolute atomic E-state index is 13.4. The Kier molecular flexibility index (Phi) is 9.16. The summed E-state index contributed by atoms with van der Waals surface area (Å²) >= 11 is 0. The Labute approximate surface area is 259 Å². The summed E-state index contributed by atoms with van der Waals surface area (Å²) in [4.78, 5) is 21.1. The Morgan fingerprint density at radius 2 is 2.00 bits per heavy atom. The lowest BCUT2D eigenvalue weighted by atomic mass is 9.84. The van der Waals surface area contributed by atoms with Crippen LogP contribution in [0.3, 0.4) is 0 Å². The van der Waals surface area contributed by atoms with Gasteiger partial charge in [-0.25, -0.2) is 14.2 Å². The number of nitrogens with one attached hydrogen (secondary N) is 2. The number of alkyl halides is 3. The van der Waals surface area contributed by atoms with Crippen LogP contribution in [0.2, 0.25) is 0 Å². The summed E-state index contributed by atoms with van der Waals surface area (Å²) in [6.07, 6.45) is 7.17. The Morgan fingerprint density at radius 3 is 2.67 bits per heavy atom. The van der Waals surface area contributed by atoms with Crippen molar-refractivity contribution in [2.75, 3.05) is 31.5 Å². The molecule has 2 N–H and O–H groups in total. The molecule has 0 unspecified atom stereocenters. The molecule has 2 aromatic rings. The van der Waals surface area contributed by atoms with Gasteiger partial charge in [0.2, 0.25) is 0 Å². The summed E-state index contributed by atoms with van der Waals surface area (Å²) in [5.74, 6) is -0.257. The predicted octanol–water partition coefficient (Wildman–Crippen LogP) is 6.26. The number of carbonyl (C=O) groups excluding carboxylic acids is 1. The number of piperidine rings is 1. The molecule has 3 aliphatic rings. The summed E-state index contributed by atoms with van der Waals surface area (Å²) in [5, 5.41) is 19.8. The van der Waals surface area contributed by atoms with Gasteiger partial charge in [-0.15, -0.1) is 0 Å². The second kappa shape index (κ2) is 12.9. The molecule has 2 amide bonds. The normalized spacial score (nSPS) is 21.0. The van der Waals surface area contributed by atoms with E-state index in [0.29, 0.717) is 45.1 Å². The maximum atomic E-state index is 13.4. The molecule has 0 atom stereocenters. The average Bonchev–Trinajstić information content (AvgIpc) is 3.68. The van der Waals surface area contributed by atoms with Crippen LogP contribution in [0.1, 0.15) is 57.6 Å². The van der Waals surface area contributed by atoms with Crippen molar-refractivity contribution in [1.29, 1.82) is 5.26 Å². The second-order valence-corrected chi connectivity index (χ2v) is 11.8. The molecule has 9 nitrogen and oxygen atoms in total. The number of rotatable bonds is 7. The Balaban J connectivity index is 1.21. The summed E-state index contributed by atoms with van der Waals surface area (Å²) in [5.41, 5.74) is 1.92. The molecule has 2 fully saturated rings. The summed E-state index contributed by atoms with van der Waals surface area (Å²) in [7, 11) is 0. The lowest BCUT2D eigenvalue weighted by molar-refractivity contribution is -0.137. The lowest BCUT2D eigenvalue weighted by Crippen LogP contribution is -2.66. The third-order valence-corrected chi connectivity index (χ3v) is 8.80. The number of aromatic nitrogens is 2. The van der Waals surface area contributed by atoms with Crippen LogP contribution in [0.25, 0.3) is 5.57 Å². The van der Waals surface area contributed by atoms with E-state index in [1.807, 2.05) is 49.4 Å². The number of anilines is 1. The molecular formula is C32H36F4N8O. The number of urea groups is 1. The number of aliphatic imine (C=N–C) groups is 1. The molecular weight excluding hydrogens is 588 g/mol. The van der Waals surface area contributed by atoms with E-state index in [2.05, 4.69) is 38.6 Å². The number of benzene rings is 1. The first-order valence-electron chi connectivity index (χ1n) is 14.9. The fourth-order valence-corrected chi connectivity index (χ4v) is 5.91. The minimum absolute atomic E-state index is 0.157. The van der Waals surface area contributed by atoms with E-state index in [4.69, 9.17) is 0 Å². The molecule has 45 heavy (non-hydrogen) atoms. The van der Waals surface area contributed by atoms with Crippen molar-refractivity contribution in [3.63, 3.8) is 0 Å². The molecule has 238 valence electrons. The fraction of sp³-hybridized carbons (Fsp3) is 0.438. The first-order valence-corrected chi connectivity index (χ1v) is 14.9. The summed E-state index contributed by atoms with van der Waals surface area (Å²) in [6, 6.07) is 4.01. The van der Waals surface area contributed by atoms with Crippen molar-refractivity contribution in [2.45, 2.75) is 64.2 Å². The monoisotopic (exact) mass is 624 g/mol. The number of nitriles is 1. The van der Waals surface area contributed by atoms with Gasteiger partial charge in [0, 0.05) is 62.0 Å². The third-order valence-electron chi connectivity index (χ3n) is 8.80. The standard InChI is InChI=1S/C32H36F4N8O/c1-4-21(2)16-39-29-26(7-12-38-29)22(3)23-17-40-44(18-23)31(10-11-37)19-43(20-31)25-8-13-42(14-9-25)30(45)41-28-6-5-24(33)15-27(28)32(34,35)36/h5-7,12,15-18,25H,4,8-10,13-14,19-20H2,1-3H3,(H,38,39)(H,41,45)/b21-16+,26-22+. The second-order valence-electron chi connectivity index (χ2n) is 11.8. The zero-order chi connectivity index (χ0) is 32.4. The molecule has 1 aromatic carbocycles. The Morgan fingerprint density at radius 1 is 1.27 bits per heavy atom. The Bertz CT molecular complexity index is 1600. The molecule has 13 heteroatoms. The number of hydrogen-bond acceptors (Lipinski definition) is 5. The fourth-order valence-electron chi connectivity index (χ4n) is 5.91. The predicted molar refractivity (Wildman–Crippen MR) is 163 cm³/mol. The van der Waals surface area contributed by atoms with Crippen molar-refractivity contribution < 1.29 is 22.4 Å². The Hall–Kier alpha value is -4.44. The van der Waals surface area contributed by atoms with Gasteiger partial charge >= 0.3 is 12.2 Å². The van der Waals surface area contributed by atoms with Gasteiger partial charge in [0.15, 0.2) is 0 Å². The van der Waals surface area contributed by atoms with Crippen LogP contribution in [0.4, 0.5) is 28.0 Å². The number of halogens is 4. The van der Waals surface area contributed by atoms with Gasteiger partial charge in [-0.1, -0.05) is 12.5 Å². The van der Waals surface area contributed by atoms with Crippen LogP contribution in [0.5, 0.6) is 0 Å². The average molecular weight is 625 g/mol. The number of amides is 2. The molecule has 0 aliphatic carbocycles. The van der Waals surface area contributed by atoms with Crippen LogP contribution in [-0.2, 0) is 11.7 Å². The molecule has 1 aromatic heterocycles. The SMILES string of the molecule is CC/C(C)=C/N=C1\NC=C\C1=C(\C)c1cnn(C2(CC#N)CN(C3CCN(C(=O)Nc4ccc(F)cc4C(F)(F)F)CC3)C2)c1. The smallest absolute Gasteiger partial charge is 0.346 e. The van der Waals surface area contributed by atoms with E-state index in [1.165, 1.54) is 10.5 Å². The van der Waals surface area contributed by atoms with Gasteiger partial charge in [-0.05, 0) is 63.0 Å². The molecule has 0 spiro atoms. The van der Waals surface area contributed by atoms with E-state index < -0.39 is 34.8 Å². The molecule has 3 aliphatic heterocycles. The third kappa shape index (κ3) is 6.81. The number of hydrogen-bond donors (Lipinski definition) is 2. The van der Waals surface area contributed by atoms with Crippen molar-refractivity contribution in [2.24, 2.45) is 4.99 Å². The zero-order valence-electron chi connectivity index (χ0n) is 25.5. The summed E-state index contributed by atoms with van der Waals surface area (Å²) in [6.45, 7) is 8.10. The van der Waals surface area contributed by atoms with Crippen LogP contribution >= 0.6 is 0 Å². The highest BCUT2D eigenvalue weighted by atomic mass is 19.4. The molecule has 0 bridgehead atoms. The first-order chi connectivity index (χ1) is 21.4. The highest BCUT2D eigenvalue weighted by Crippen LogP contribution is 2.38. The van der Waals surface area contributed by atoms with Gasteiger partial charge < -0.3 is 15.5 Å². The lowest BCUT2D eigenvalue weighted by Gasteiger charge is -2.53. The van der Waals surface area contributed by atoms with Crippen LogP contribution < -0.4 is 10.6 Å². The molecule has 5 rings (SSSR count). The van der Waals surface area contributed by atoms with Crippen LogP contribution in [-0.4, -0.2) is 63.7 Å². The van der Waals surface area contributed by atoms with Gasteiger partial charge in [-0.3, -0.25) is 9.58 Å². The highest BCUT2D eigenvalue weighted by molar-refractivity contribution is 6.09. The zero-order valence-corrected chi connectivity index (χ0v) is 25.5. The van der Waals surface area contributed by atoms with Gasteiger partial charge in [0.1, 0.15) is 17.2 Å². The van der Waals surface area contributed by atoms with Crippen LogP contribution in [0.15, 0.2) is 65.2 Å². The van der Waals surface area contributed by atoms with Crippen LogP contribution in [0, 0.1) is 17.1 Å². The van der Waals surface area contributed by atoms with Gasteiger partial charge in [0.05, 0.1) is 29.9 Å². The minimum Gasteiger partial charge on any atom is -0.346 e. The topological polar surface area (TPSA) is 102 Å². The maximum Gasteiger partial charge on any atom is 0.418 e. The number of likely N-dealkylation sites (tertiary alicyclic amines) is 2. The number of amidine groups is 1. The van der Waals surface area contributed by atoms with E-state index in [1.54, 1.807) is 0 Å². The number of allylic oxidation sites excluding steroid dienone is 2. The van der Waals surface area contributed by atoms with Crippen molar-refractivity contribution >= 4 is 23.1 Å². The van der Waals surface area contributed by atoms with E-state index in [0.717, 1.165) is 41.1 Å². The molecule has 0 radical (unpaired) electrons. The molecule has 0 saturated carbocycles. The van der Waals surface area contributed by atoms with Crippen molar-refractivity contribution in [1.82, 2.24) is 24.9 Å². The molecule has 4 heterocycles. The summed E-state index contributed by atoms with van der Waals surface area (Å²) < 4.78 is 55.4. The van der Waals surface area contributed by atoms with Crippen molar-refractivity contribution in [3.05, 3.63) is 77.2 Å². The minimum atomic E-state index is -4.80. The highest BCUT2D eigenvalue weighted by Gasteiger charge is 2.48. The van der Waals surface area contributed by atoms with E-state index in [9.17, 15) is 27.6 Å². The molecule has 2 saturated heterocycles. The number of nitrogens with zero attached hydrogens (tertiary/aromatic N) is 6. The van der Waals surface area contributed by atoms with Gasteiger partial charge in [-0.2, -0.15) is 23.5 Å². The quantitative estimate of drug-likeness (QED) is 0.354. The van der Waals surface area contributed by atoms with Crippen molar-refractivity contribution in [3.8, 4) is 6.07 Å². The van der Waals surface area contributed by atoms with E-state index in [-0.39, 0.29) is 12.5 Å². The largest absolute Gasteiger partial charge is 0.418 e. The first kappa shape index (κ1) is 32.0. The van der Waals surface area contributed by atoms with Gasteiger partial charge in [0.25, 0.3) is 0 Å². The van der Waals surface area contributed by atoms with E-state index >= 15 is 0 Å².